The van der Waals surface area contributed by atoms with Crippen LogP contribution in [0.4, 0.5) is 11.9 Å². The third-order valence-corrected chi connectivity index (χ3v) is 3.18. The van der Waals surface area contributed by atoms with Gasteiger partial charge >= 0.3 is 6.01 Å². The van der Waals surface area contributed by atoms with E-state index in [9.17, 15) is 0 Å². The first-order valence-corrected chi connectivity index (χ1v) is 8.06. The van der Waals surface area contributed by atoms with Gasteiger partial charge in [0.1, 0.15) is 0 Å². The van der Waals surface area contributed by atoms with E-state index < -0.39 is 0 Å². The second-order valence-corrected chi connectivity index (χ2v) is 5.06. The van der Waals surface area contributed by atoms with E-state index in [2.05, 4.69) is 52.9 Å². The number of nitrogens with zero attached hydrogens (tertiary/aromatic N) is 4. The number of anilines is 2. The molecule has 0 spiro atoms. The van der Waals surface area contributed by atoms with Crippen LogP contribution in [0.25, 0.3) is 0 Å². The van der Waals surface area contributed by atoms with Crippen molar-refractivity contribution >= 4 is 11.9 Å². The van der Waals surface area contributed by atoms with Gasteiger partial charge in [-0.25, -0.2) is 0 Å². The molecule has 0 aliphatic carbocycles. The summed E-state index contributed by atoms with van der Waals surface area (Å²) in [5.74, 6) is 1.26. The zero-order valence-corrected chi connectivity index (χ0v) is 14.0. The fraction of sp³-hybridized carbons (Fsp3) is 0.800. The summed E-state index contributed by atoms with van der Waals surface area (Å²) >= 11 is 0. The van der Waals surface area contributed by atoms with E-state index in [0.717, 1.165) is 38.9 Å². The highest BCUT2D eigenvalue weighted by Crippen LogP contribution is 2.16. The lowest BCUT2D eigenvalue weighted by Crippen LogP contribution is -2.25. The standard InChI is InChI=1S/C15H29N5O/c1-6-10-12(5)21-15-18-13(16-11-7-2)17-14(19-15)20(8-3)9-4/h12H,6-11H2,1-5H3,(H,16,17,18,19). The largest absolute Gasteiger partial charge is 0.460 e. The molecular weight excluding hydrogens is 266 g/mol. The van der Waals surface area contributed by atoms with Crippen molar-refractivity contribution in [2.24, 2.45) is 0 Å². The van der Waals surface area contributed by atoms with E-state index in [1.165, 1.54) is 0 Å². The molecule has 1 aromatic heterocycles. The van der Waals surface area contributed by atoms with Crippen molar-refractivity contribution < 1.29 is 4.74 Å². The van der Waals surface area contributed by atoms with Crippen molar-refractivity contribution in [1.82, 2.24) is 15.0 Å². The first-order valence-electron chi connectivity index (χ1n) is 8.06. The molecule has 0 fully saturated rings. The Kier molecular flexibility index (Phi) is 7.79. The number of nitrogens with one attached hydrogen (secondary N) is 1. The zero-order chi connectivity index (χ0) is 15.7. The Hall–Kier alpha value is -1.59. The van der Waals surface area contributed by atoms with Gasteiger partial charge in [-0.05, 0) is 33.6 Å². The molecule has 1 unspecified atom stereocenters. The molecule has 0 aliphatic rings. The van der Waals surface area contributed by atoms with E-state index in [1.807, 2.05) is 6.92 Å². The second kappa shape index (κ2) is 9.37. The van der Waals surface area contributed by atoms with Crippen LogP contribution in [0.15, 0.2) is 0 Å². The molecule has 1 atom stereocenters. The molecular formula is C15H29N5O. The summed E-state index contributed by atoms with van der Waals surface area (Å²) in [6, 6.07) is 0.409. The topological polar surface area (TPSA) is 63.2 Å². The maximum atomic E-state index is 5.83. The normalized spacial score (nSPS) is 12.0. The van der Waals surface area contributed by atoms with Crippen molar-refractivity contribution in [2.45, 2.75) is 60.0 Å². The van der Waals surface area contributed by atoms with Crippen molar-refractivity contribution in [2.75, 3.05) is 29.9 Å². The summed E-state index contributed by atoms with van der Waals surface area (Å²) in [6.07, 6.45) is 3.20. The molecule has 120 valence electrons. The molecule has 1 aromatic rings. The number of rotatable bonds is 10. The van der Waals surface area contributed by atoms with Gasteiger partial charge in [0, 0.05) is 19.6 Å². The van der Waals surface area contributed by atoms with Gasteiger partial charge in [0.05, 0.1) is 6.10 Å². The molecule has 0 aliphatic heterocycles. The van der Waals surface area contributed by atoms with E-state index in [0.29, 0.717) is 17.9 Å². The number of aromatic nitrogens is 3. The lowest BCUT2D eigenvalue weighted by Gasteiger charge is -2.20. The van der Waals surface area contributed by atoms with Crippen LogP contribution in [-0.4, -0.2) is 40.7 Å². The Morgan fingerprint density at radius 3 is 2.33 bits per heavy atom. The Bertz CT molecular complexity index is 409. The van der Waals surface area contributed by atoms with Gasteiger partial charge in [0.2, 0.25) is 11.9 Å². The summed E-state index contributed by atoms with van der Waals surface area (Å²) in [5, 5.41) is 3.21. The minimum absolute atomic E-state index is 0.112. The van der Waals surface area contributed by atoms with Crippen molar-refractivity contribution in [3.63, 3.8) is 0 Å². The van der Waals surface area contributed by atoms with Gasteiger partial charge in [-0.15, -0.1) is 0 Å². The first-order chi connectivity index (χ1) is 10.1. The van der Waals surface area contributed by atoms with E-state index in [1.54, 1.807) is 0 Å². The monoisotopic (exact) mass is 295 g/mol. The van der Waals surface area contributed by atoms with Crippen LogP contribution < -0.4 is 15.0 Å². The Morgan fingerprint density at radius 1 is 1.05 bits per heavy atom. The van der Waals surface area contributed by atoms with Gasteiger partial charge in [-0.1, -0.05) is 20.3 Å². The summed E-state index contributed by atoms with van der Waals surface area (Å²) < 4.78 is 5.83. The lowest BCUT2D eigenvalue weighted by atomic mass is 10.2. The van der Waals surface area contributed by atoms with Crippen molar-refractivity contribution in [3.8, 4) is 6.01 Å². The van der Waals surface area contributed by atoms with Crippen molar-refractivity contribution in [3.05, 3.63) is 0 Å². The highest BCUT2D eigenvalue weighted by Gasteiger charge is 2.13. The maximum Gasteiger partial charge on any atom is 0.323 e. The summed E-state index contributed by atoms with van der Waals surface area (Å²) in [5.41, 5.74) is 0. The number of hydrogen-bond donors (Lipinski definition) is 1. The van der Waals surface area contributed by atoms with E-state index in [4.69, 9.17) is 4.74 Å². The average molecular weight is 295 g/mol. The van der Waals surface area contributed by atoms with Gasteiger partial charge in [-0.2, -0.15) is 15.0 Å². The number of hydrogen-bond acceptors (Lipinski definition) is 6. The molecule has 0 bridgehead atoms. The Morgan fingerprint density at radius 2 is 1.76 bits per heavy atom. The van der Waals surface area contributed by atoms with Gasteiger partial charge < -0.3 is 15.0 Å². The fourth-order valence-electron chi connectivity index (χ4n) is 2.01. The second-order valence-electron chi connectivity index (χ2n) is 5.06. The summed E-state index contributed by atoms with van der Waals surface area (Å²) in [7, 11) is 0. The maximum absolute atomic E-state index is 5.83. The van der Waals surface area contributed by atoms with Crippen LogP contribution in [0.3, 0.4) is 0 Å². The van der Waals surface area contributed by atoms with Crippen LogP contribution >= 0.6 is 0 Å². The quantitative estimate of drug-likeness (QED) is 0.715. The summed E-state index contributed by atoms with van der Waals surface area (Å²) in [4.78, 5) is 15.4. The third kappa shape index (κ3) is 5.73. The average Bonchev–Trinajstić information content (AvgIpc) is 2.46. The molecule has 1 N–H and O–H groups in total. The molecule has 1 rings (SSSR count). The minimum atomic E-state index is 0.112. The smallest absolute Gasteiger partial charge is 0.323 e. The number of ether oxygens (including phenoxy) is 1. The first kappa shape index (κ1) is 17.5. The highest BCUT2D eigenvalue weighted by molar-refractivity contribution is 5.38. The third-order valence-electron chi connectivity index (χ3n) is 3.18. The van der Waals surface area contributed by atoms with Gasteiger partial charge in [0.25, 0.3) is 0 Å². The lowest BCUT2D eigenvalue weighted by molar-refractivity contribution is 0.192. The SMILES string of the molecule is CCCNc1nc(OC(C)CCC)nc(N(CC)CC)n1. The van der Waals surface area contributed by atoms with Crippen LogP contribution in [0, 0.1) is 0 Å². The molecule has 0 amide bonds. The molecule has 1 heterocycles. The van der Waals surface area contributed by atoms with Gasteiger partial charge in [-0.3, -0.25) is 0 Å². The van der Waals surface area contributed by atoms with Crippen LogP contribution in [0.5, 0.6) is 6.01 Å². The Labute approximate surface area is 128 Å². The molecule has 0 aromatic carbocycles. The van der Waals surface area contributed by atoms with Crippen LogP contribution in [0.1, 0.15) is 53.9 Å². The highest BCUT2D eigenvalue weighted by atomic mass is 16.5. The van der Waals surface area contributed by atoms with Crippen LogP contribution in [0.2, 0.25) is 0 Å². The molecule has 0 saturated heterocycles. The summed E-state index contributed by atoms with van der Waals surface area (Å²) in [6.45, 7) is 13.0. The van der Waals surface area contributed by atoms with Gasteiger partial charge in [0.15, 0.2) is 0 Å². The molecule has 6 heteroatoms. The van der Waals surface area contributed by atoms with E-state index in [-0.39, 0.29) is 6.10 Å². The molecule has 0 saturated carbocycles. The minimum Gasteiger partial charge on any atom is -0.460 e. The molecule has 0 radical (unpaired) electrons. The Balaban J connectivity index is 2.96. The van der Waals surface area contributed by atoms with Crippen LogP contribution in [-0.2, 0) is 0 Å². The van der Waals surface area contributed by atoms with Crippen molar-refractivity contribution in [1.29, 1.82) is 0 Å². The van der Waals surface area contributed by atoms with E-state index >= 15 is 0 Å². The fourth-order valence-corrected chi connectivity index (χ4v) is 2.01. The molecule has 21 heavy (non-hydrogen) atoms. The zero-order valence-electron chi connectivity index (χ0n) is 14.0. The molecule has 6 nitrogen and oxygen atoms in total. The predicted octanol–water partition coefficient (Wildman–Crippen LogP) is 3.11. The predicted molar refractivity (Wildman–Crippen MR) is 87.2 cm³/mol.